The number of carbonyl (C=O) groups is 1. The van der Waals surface area contributed by atoms with Crippen molar-refractivity contribution in [2.24, 2.45) is 0 Å². The van der Waals surface area contributed by atoms with E-state index in [1.807, 2.05) is 5.32 Å². The first-order valence-corrected chi connectivity index (χ1v) is 3.81. The van der Waals surface area contributed by atoms with Gasteiger partial charge in [-0.15, -0.1) is 0 Å². The van der Waals surface area contributed by atoms with Gasteiger partial charge in [0, 0.05) is 0 Å². The van der Waals surface area contributed by atoms with Crippen molar-refractivity contribution >= 4 is 5.97 Å². The van der Waals surface area contributed by atoms with Crippen LogP contribution in [0.25, 0.3) is 0 Å². The van der Waals surface area contributed by atoms with E-state index in [0.29, 0.717) is 0 Å². The van der Waals surface area contributed by atoms with Crippen molar-refractivity contribution < 1.29 is 22.7 Å². The topological polar surface area (TPSA) is 38.3 Å². The summed E-state index contributed by atoms with van der Waals surface area (Å²) in [5.74, 6) is -0.848. The van der Waals surface area contributed by atoms with Crippen molar-refractivity contribution in [3.63, 3.8) is 0 Å². The van der Waals surface area contributed by atoms with E-state index in [1.54, 1.807) is 6.92 Å². The Labute approximate surface area is 74.3 Å². The molecular formula is C7H12F3NO2. The van der Waals surface area contributed by atoms with Crippen LogP contribution in [0.3, 0.4) is 0 Å². The number of rotatable bonds is 4. The Bertz CT molecular complexity index is 170. The zero-order valence-electron chi connectivity index (χ0n) is 7.44. The van der Waals surface area contributed by atoms with E-state index in [9.17, 15) is 18.0 Å². The molecule has 0 aliphatic heterocycles. The Kier molecular flexibility index (Phi) is 4.76. The molecule has 0 saturated carbocycles. The molecule has 0 aromatic carbocycles. The van der Waals surface area contributed by atoms with Crippen LogP contribution in [0, 0.1) is 0 Å². The van der Waals surface area contributed by atoms with Crippen LogP contribution in [0.1, 0.15) is 13.3 Å². The minimum Gasteiger partial charge on any atom is -0.466 e. The number of hydrogen-bond donors (Lipinski definition) is 1. The number of esters is 1. The van der Waals surface area contributed by atoms with E-state index in [2.05, 4.69) is 4.74 Å². The summed E-state index contributed by atoms with van der Waals surface area (Å²) in [7, 11) is 1.15. The lowest BCUT2D eigenvalue weighted by Crippen LogP contribution is -2.42. The number of halogens is 3. The second-order valence-electron chi connectivity index (χ2n) is 2.39. The van der Waals surface area contributed by atoms with Crippen LogP contribution in [0.5, 0.6) is 0 Å². The Morgan fingerprint density at radius 1 is 1.54 bits per heavy atom. The van der Waals surface area contributed by atoms with Gasteiger partial charge in [-0.2, -0.15) is 13.2 Å². The summed E-state index contributed by atoms with van der Waals surface area (Å²) in [5.41, 5.74) is 0. The van der Waals surface area contributed by atoms with Crippen molar-refractivity contribution in [1.29, 1.82) is 0 Å². The van der Waals surface area contributed by atoms with Gasteiger partial charge in [0.2, 0.25) is 0 Å². The van der Waals surface area contributed by atoms with Gasteiger partial charge < -0.3 is 10.1 Å². The Morgan fingerprint density at radius 2 is 2.08 bits per heavy atom. The predicted octanol–water partition coefficient (Wildman–Crippen LogP) is 1.09. The fourth-order valence-corrected chi connectivity index (χ4v) is 0.768. The Hall–Kier alpha value is -0.780. The molecule has 1 N–H and O–H groups in total. The zero-order chi connectivity index (χ0) is 10.5. The van der Waals surface area contributed by atoms with Crippen molar-refractivity contribution in [2.75, 3.05) is 13.7 Å². The Balaban J connectivity index is 4.06. The lowest BCUT2D eigenvalue weighted by atomic mass is 10.2. The first-order chi connectivity index (χ1) is 5.91. The highest BCUT2D eigenvalue weighted by molar-refractivity contribution is 5.70. The quantitative estimate of drug-likeness (QED) is 0.689. The smallest absolute Gasteiger partial charge is 0.404 e. The van der Waals surface area contributed by atoms with Gasteiger partial charge in [0.1, 0.15) is 6.04 Å². The van der Waals surface area contributed by atoms with Gasteiger partial charge in [0.25, 0.3) is 0 Å². The third kappa shape index (κ3) is 4.72. The average molecular weight is 199 g/mol. The van der Waals surface area contributed by atoms with Crippen LogP contribution < -0.4 is 5.32 Å². The summed E-state index contributed by atoms with van der Waals surface area (Å²) in [6.45, 7) is 1.63. The lowest BCUT2D eigenvalue weighted by molar-refractivity contribution is -0.168. The highest BCUT2D eigenvalue weighted by atomic mass is 19.4. The molecule has 78 valence electrons. The van der Waals surface area contributed by atoms with E-state index in [-0.39, 0.29) is 6.61 Å². The van der Waals surface area contributed by atoms with Crippen LogP contribution in [-0.4, -0.2) is 31.8 Å². The van der Waals surface area contributed by atoms with Crippen LogP contribution in [0.4, 0.5) is 13.2 Å². The molecule has 0 bridgehead atoms. The van der Waals surface area contributed by atoms with Gasteiger partial charge in [0.05, 0.1) is 13.0 Å². The number of hydrogen-bond acceptors (Lipinski definition) is 3. The molecule has 0 unspecified atom stereocenters. The Morgan fingerprint density at radius 3 is 2.38 bits per heavy atom. The maximum atomic E-state index is 12.1. The summed E-state index contributed by atoms with van der Waals surface area (Å²) >= 11 is 0. The second-order valence-corrected chi connectivity index (χ2v) is 2.39. The van der Waals surface area contributed by atoms with E-state index in [1.165, 1.54) is 0 Å². The van der Waals surface area contributed by atoms with Gasteiger partial charge in [-0.05, 0) is 14.0 Å². The van der Waals surface area contributed by atoms with Crippen molar-refractivity contribution in [3.8, 4) is 0 Å². The fraction of sp³-hybridized carbons (Fsp3) is 0.857. The van der Waals surface area contributed by atoms with Crippen LogP contribution in [-0.2, 0) is 9.53 Å². The molecule has 0 fully saturated rings. The molecule has 0 aliphatic rings. The molecule has 0 radical (unpaired) electrons. The number of carbonyl (C=O) groups excluding carboxylic acids is 1. The van der Waals surface area contributed by atoms with Crippen LogP contribution in [0.15, 0.2) is 0 Å². The first-order valence-electron chi connectivity index (χ1n) is 3.81. The summed E-state index contributed by atoms with van der Waals surface area (Å²) < 4.78 is 40.5. The highest BCUT2D eigenvalue weighted by Crippen LogP contribution is 2.22. The molecule has 0 aliphatic carbocycles. The fourth-order valence-electron chi connectivity index (χ4n) is 0.768. The van der Waals surface area contributed by atoms with Crippen molar-refractivity contribution in [1.82, 2.24) is 5.32 Å². The number of alkyl halides is 3. The van der Waals surface area contributed by atoms with Gasteiger partial charge in [0.15, 0.2) is 0 Å². The van der Waals surface area contributed by atoms with Gasteiger partial charge >= 0.3 is 12.1 Å². The third-order valence-corrected chi connectivity index (χ3v) is 1.42. The van der Waals surface area contributed by atoms with E-state index in [0.717, 1.165) is 7.05 Å². The molecule has 0 heterocycles. The molecule has 0 rings (SSSR count). The van der Waals surface area contributed by atoms with Crippen molar-refractivity contribution in [2.45, 2.75) is 25.6 Å². The lowest BCUT2D eigenvalue weighted by Gasteiger charge is -2.18. The first kappa shape index (κ1) is 12.2. The number of ether oxygens (including phenoxy) is 1. The molecular weight excluding hydrogens is 187 g/mol. The molecule has 0 aromatic heterocycles. The minimum atomic E-state index is -4.42. The summed E-state index contributed by atoms with van der Waals surface area (Å²) in [6, 6.07) is -1.83. The SMILES string of the molecule is CCOC(=O)C[C@H](NC)C(F)(F)F. The summed E-state index contributed by atoms with van der Waals surface area (Å²) in [5, 5.41) is 2.01. The van der Waals surface area contributed by atoms with Crippen LogP contribution >= 0.6 is 0 Å². The average Bonchev–Trinajstić information content (AvgIpc) is 1.98. The molecule has 0 spiro atoms. The molecule has 0 amide bonds. The van der Waals surface area contributed by atoms with E-state index >= 15 is 0 Å². The highest BCUT2D eigenvalue weighted by Gasteiger charge is 2.40. The molecule has 6 heteroatoms. The minimum absolute atomic E-state index is 0.0904. The van der Waals surface area contributed by atoms with Gasteiger partial charge in [-0.25, -0.2) is 0 Å². The summed E-state index contributed by atoms with van der Waals surface area (Å²) in [4.78, 5) is 10.7. The third-order valence-electron chi connectivity index (χ3n) is 1.42. The predicted molar refractivity (Wildman–Crippen MR) is 40.2 cm³/mol. The second kappa shape index (κ2) is 5.06. The zero-order valence-corrected chi connectivity index (χ0v) is 7.44. The monoisotopic (exact) mass is 199 g/mol. The van der Waals surface area contributed by atoms with Gasteiger partial charge in [-0.3, -0.25) is 4.79 Å². The molecule has 3 nitrogen and oxygen atoms in total. The normalized spacial score (nSPS) is 13.9. The number of nitrogens with one attached hydrogen (secondary N) is 1. The molecule has 0 saturated heterocycles. The van der Waals surface area contributed by atoms with Crippen molar-refractivity contribution in [3.05, 3.63) is 0 Å². The van der Waals surface area contributed by atoms with E-state index < -0.39 is 24.6 Å². The van der Waals surface area contributed by atoms with Crippen LogP contribution in [0.2, 0.25) is 0 Å². The van der Waals surface area contributed by atoms with Gasteiger partial charge in [-0.1, -0.05) is 0 Å². The van der Waals surface area contributed by atoms with E-state index in [4.69, 9.17) is 0 Å². The maximum absolute atomic E-state index is 12.1. The standard InChI is InChI=1S/C7H12F3NO2/c1-3-13-6(12)4-5(11-2)7(8,9)10/h5,11H,3-4H2,1-2H3/t5-/m0/s1. The molecule has 13 heavy (non-hydrogen) atoms. The maximum Gasteiger partial charge on any atom is 0.404 e. The molecule has 0 aromatic rings. The summed E-state index contributed by atoms with van der Waals surface area (Å²) in [6.07, 6.45) is -5.10. The molecule has 1 atom stereocenters. The largest absolute Gasteiger partial charge is 0.466 e.